The molecular weight excluding hydrogens is 216 g/mol. The van der Waals surface area contributed by atoms with Crippen molar-refractivity contribution in [2.45, 2.75) is 0 Å². The Morgan fingerprint density at radius 1 is 1.31 bits per heavy atom. The fourth-order valence-electron chi connectivity index (χ4n) is 0.721. The van der Waals surface area contributed by atoms with E-state index in [1.54, 1.807) is 0 Å². The minimum absolute atomic E-state index is 0.131. The van der Waals surface area contributed by atoms with Crippen LogP contribution in [0.1, 0.15) is 0 Å². The highest BCUT2D eigenvalue weighted by Crippen LogP contribution is 2.16. The van der Waals surface area contributed by atoms with E-state index in [1.165, 1.54) is 24.3 Å². The molecule has 5 nitrogen and oxygen atoms in total. The molecule has 3 N–H and O–H groups in total. The molecule has 72 valence electrons. The summed E-state index contributed by atoms with van der Waals surface area (Å²) < 4.78 is 29.9. The standard InChI is InChI=1S/C6H7ClN2O3S/c7-5-1-3-6(4-2-5)9(8)13(10,11)12/h1-4H,8H2,(H,10,11,12). The van der Waals surface area contributed by atoms with Crippen LogP contribution in [0.4, 0.5) is 5.69 Å². The number of rotatable bonds is 2. The highest BCUT2D eigenvalue weighted by Gasteiger charge is 2.14. The van der Waals surface area contributed by atoms with Crippen LogP contribution in [0, 0.1) is 0 Å². The highest BCUT2D eigenvalue weighted by molar-refractivity contribution is 7.87. The first-order valence-corrected chi connectivity index (χ1v) is 4.97. The Morgan fingerprint density at radius 3 is 2.15 bits per heavy atom. The predicted molar refractivity (Wildman–Crippen MR) is 49.7 cm³/mol. The van der Waals surface area contributed by atoms with Crippen molar-refractivity contribution in [2.24, 2.45) is 5.84 Å². The number of hydrazine groups is 1. The van der Waals surface area contributed by atoms with Gasteiger partial charge >= 0.3 is 10.3 Å². The van der Waals surface area contributed by atoms with Gasteiger partial charge < -0.3 is 0 Å². The van der Waals surface area contributed by atoms with Crippen LogP contribution in [0.15, 0.2) is 24.3 Å². The molecule has 0 amide bonds. The average Bonchev–Trinajstić information content (AvgIpc) is 2.03. The average molecular weight is 223 g/mol. The molecule has 0 aliphatic rings. The van der Waals surface area contributed by atoms with E-state index < -0.39 is 10.3 Å². The number of nitrogens with zero attached hydrogens (tertiary/aromatic N) is 1. The lowest BCUT2D eigenvalue weighted by atomic mass is 10.3. The maximum Gasteiger partial charge on any atom is 0.373 e. The molecule has 13 heavy (non-hydrogen) atoms. The summed E-state index contributed by atoms with van der Waals surface area (Å²) in [6, 6.07) is 5.66. The molecule has 0 aliphatic carbocycles. The van der Waals surface area contributed by atoms with Crippen molar-refractivity contribution < 1.29 is 13.0 Å². The Balaban J connectivity index is 3.04. The van der Waals surface area contributed by atoms with Gasteiger partial charge in [-0.3, -0.25) is 4.55 Å². The van der Waals surface area contributed by atoms with Gasteiger partial charge in [0.1, 0.15) is 0 Å². The first-order valence-electron chi connectivity index (χ1n) is 3.19. The van der Waals surface area contributed by atoms with Gasteiger partial charge in [0.15, 0.2) is 0 Å². The lowest BCUT2D eigenvalue weighted by Crippen LogP contribution is -2.36. The molecule has 0 heterocycles. The normalized spacial score (nSPS) is 11.3. The second-order valence-corrected chi connectivity index (χ2v) is 3.98. The first-order chi connectivity index (χ1) is 5.91. The molecule has 0 radical (unpaired) electrons. The van der Waals surface area contributed by atoms with Gasteiger partial charge in [-0.2, -0.15) is 12.8 Å². The second kappa shape index (κ2) is 3.51. The predicted octanol–water partition coefficient (Wildman–Crippen LogP) is 0.823. The van der Waals surface area contributed by atoms with Crippen LogP contribution < -0.4 is 10.3 Å². The third kappa shape index (κ3) is 2.56. The van der Waals surface area contributed by atoms with E-state index >= 15 is 0 Å². The van der Waals surface area contributed by atoms with Gasteiger partial charge in [-0.05, 0) is 24.3 Å². The summed E-state index contributed by atoms with van der Waals surface area (Å²) in [4.78, 5) is 0. The van der Waals surface area contributed by atoms with E-state index in [1.807, 2.05) is 0 Å². The summed E-state index contributed by atoms with van der Waals surface area (Å²) in [7, 11) is -4.40. The second-order valence-electron chi connectivity index (χ2n) is 2.25. The molecule has 1 rings (SSSR count). The van der Waals surface area contributed by atoms with E-state index in [4.69, 9.17) is 22.0 Å². The zero-order valence-corrected chi connectivity index (χ0v) is 7.96. The van der Waals surface area contributed by atoms with Crippen LogP contribution in [-0.4, -0.2) is 13.0 Å². The van der Waals surface area contributed by atoms with Crippen molar-refractivity contribution in [3.8, 4) is 0 Å². The minimum atomic E-state index is -4.40. The maximum absolute atomic E-state index is 10.5. The molecule has 1 aromatic carbocycles. The lowest BCUT2D eigenvalue weighted by Gasteiger charge is -2.13. The Hall–Kier alpha value is -0.820. The molecule has 0 atom stereocenters. The van der Waals surface area contributed by atoms with E-state index in [0.717, 1.165) is 0 Å². The molecule has 0 saturated heterocycles. The van der Waals surface area contributed by atoms with Gasteiger partial charge in [-0.1, -0.05) is 11.6 Å². The molecule has 0 aromatic heterocycles. The van der Waals surface area contributed by atoms with Gasteiger partial charge in [0.2, 0.25) is 0 Å². The van der Waals surface area contributed by atoms with Crippen molar-refractivity contribution >= 4 is 27.6 Å². The summed E-state index contributed by atoms with van der Waals surface area (Å²) in [5.41, 5.74) is 0.131. The molecule has 0 bridgehead atoms. The van der Waals surface area contributed by atoms with Crippen molar-refractivity contribution in [1.29, 1.82) is 0 Å². The topological polar surface area (TPSA) is 83.6 Å². The SMILES string of the molecule is NN(c1ccc(Cl)cc1)S(=O)(=O)O. The number of halogens is 1. The van der Waals surface area contributed by atoms with E-state index in [0.29, 0.717) is 5.02 Å². The van der Waals surface area contributed by atoms with Gasteiger partial charge in [-0.25, -0.2) is 5.84 Å². The van der Waals surface area contributed by atoms with Gasteiger partial charge in [0, 0.05) is 5.02 Å². The number of benzene rings is 1. The summed E-state index contributed by atoms with van der Waals surface area (Å²) >= 11 is 5.56. The van der Waals surface area contributed by atoms with Crippen molar-refractivity contribution in [3.05, 3.63) is 29.3 Å². The summed E-state index contributed by atoms with van der Waals surface area (Å²) in [6.45, 7) is 0. The number of hydrogen-bond donors (Lipinski definition) is 2. The quantitative estimate of drug-likeness (QED) is 0.441. The third-order valence-electron chi connectivity index (χ3n) is 1.33. The van der Waals surface area contributed by atoms with Gasteiger partial charge in [0.25, 0.3) is 0 Å². The van der Waals surface area contributed by atoms with Crippen LogP contribution in [0.2, 0.25) is 5.02 Å². The van der Waals surface area contributed by atoms with Crippen molar-refractivity contribution in [3.63, 3.8) is 0 Å². The molecular formula is C6H7ClN2O3S. The fraction of sp³-hybridized carbons (Fsp3) is 0. The monoisotopic (exact) mass is 222 g/mol. The third-order valence-corrected chi connectivity index (χ3v) is 2.29. The van der Waals surface area contributed by atoms with Crippen LogP contribution in [-0.2, 0) is 10.3 Å². The molecule has 7 heteroatoms. The number of anilines is 1. The summed E-state index contributed by atoms with van der Waals surface area (Å²) in [6.07, 6.45) is 0. The van der Waals surface area contributed by atoms with Crippen LogP contribution in [0.5, 0.6) is 0 Å². The number of nitrogens with two attached hydrogens (primary N) is 1. The Kier molecular flexibility index (Phi) is 2.77. The van der Waals surface area contributed by atoms with E-state index in [2.05, 4.69) is 0 Å². The van der Waals surface area contributed by atoms with Crippen LogP contribution in [0.25, 0.3) is 0 Å². The van der Waals surface area contributed by atoms with Gasteiger partial charge in [-0.15, -0.1) is 0 Å². The molecule has 0 aliphatic heterocycles. The molecule has 0 saturated carbocycles. The molecule has 0 unspecified atom stereocenters. The largest absolute Gasteiger partial charge is 0.373 e. The van der Waals surface area contributed by atoms with Crippen LogP contribution in [0.3, 0.4) is 0 Å². The van der Waals surface area contributed by atoms with Crippen LogP contribution >= 0.6 is 11.6 Å². The van der Waals surface area contributed by atoms with E-state index in [-0.39, 0.29) is 10.1 Å². The lowest BCUT2D eigenvalue weighted by molar-refractivity contribution is 0.478. The summed E-state index contributed by atoms with van der Waals surface area (Å²) in [5.74, 6) is 5.07. The molecule has 0 spiro atoms. The zero-order chi connectivity index (χ0) is 10.1. The minimum Gasteiger partial charge on any atom is -0.268 e. The number of hydrogen-bond acceptors (Lipinski definition) is 3. The highest BCUT2D eigenvalue weighted by atomic mass is 35.5. The molecule has 0 fully saturated rings. The summed E-state index contributed by atoms with van der Waals surface area (Å²) in [5, 5.41) is 0.451. The molecule has 1 aromatic rings. The Labute approximate surface area is 80.6 Å². The Morgan fingerprint density at radius 2 is 1.77 bits per heavy atom. The van der Waals surface area contributed by atoms with E-state index in [9.17, 15) is 8.42 Å². The maximum atomic E-state index is 10.5. The Bertz CT molecular complexity index is 389. The smallest absolute Gasteiger partial charge is 0.268 e. The fourth-order valence-corrected chi connectivity index (χ4v) is 1.24. The van der Waals surface area contributed by atoms with Crippen molar-refractivity contribution in [1.82, 2.24) is 0 Å². The first kappa shape index (κ1) is 10.3. The van der Waals surface area contributed by atoms with Gasteiger partial charge in [0.05, 0.1) is 5.69 Å². The van der Waals surface area contributed by atoms with Crippen molar-refractivity contribution in [2.75, 3.05) is 4.41 Å². The zero-order valence-electron chi connectivity index (χ0n) is 6.38.